The van der Waals surface area contributed by atoms with Gasteiger partial charge in [0.25, 0.3) is 11.8 Å². The number of nitrogens with zero attached hydrogens (tertiary/aromatic N) is 5. The molecule has 412 valence electrons. The van der Waals surface area contributed by atoms with Crippen LogP contribution >= 0.6 is 32.9 Å². The van der Waals surface area contributed by atoms with Crippen LogP contribution < -0.4 is 16.0 Å². The number of aromatic nitrogens is 2. The van der Waals surface area contributed by atoms with E-state index < -0.39 is 65.1 Å². The molecule has 0 radical (unpaired) electrons. The average Bonchev–Trinajstić information content (AvgIpc) is 3.89. The van der Waals surface area contributed by atoms with Crippen LogP contribution in [0.15, 0.2) is 83.2 Å². The largest absolute Gasteiger partial charge is 0.481 e. The van der Waals surface area contributed by atoms with E-state index in [0.29, 0.717) is 41.0 Å². The number of ether oxygens (including phenoxy) is 2. The number of nitro groups is 1. The van der Waals surface area contributed by atoms with Crippen LogP contribution in [0.25, 0.3) is 0 Å². The van der Waals surface area contributed by atoms with Crippen molar-refractivity contribution < 1.29 is 52.8 Å². The number of pyridine rings is 1. The zero-order valence-corrected chi connectivity index (χ0v) is 47.2. The van der Waals surface area contributed by atoms with Crippen LogP contribution in [0.3, 0.4) is 0 Å². The number of likely N-dealkylation sites (N-methyl/N-ethyl adjacent to an activating group) is 2. The third-order valence-electron chi connectivity index (χ3n) is 13.8. The van der Waals surface area contributed by atoms with Gasteiger partial charge >= 0.3 is 23.8 Å². The Labute approximate surface area is 457 Å². The Balaban J connectivity index is 1.21. The van der Waals surface area contributed by atoms with E-state index in [9.17, 15) is 44.0 Å². The summed E-state index contributed by atoms with van der Waals surface area (Å²) in [5.74, 6) is -3.79. The fourth-order valence-corrected chi connectivity index (χ4v) is 12.0. The number of carbonyl (C=O) groups excluding carboxylic acids is 5. The standard InChI is InChI=1S/C54H72N8O11S3/c1-10-34(4)48(52(66)60(8)44(33(2)3)28-46(73-37(7)63)51-58-43(32-74-51)49(64)56-41(26-35(5)53(67)68)27-38-16-12-11-13-17-38)59-50(65)45-18-14-15-25-62(45,9)30-39-19-21-40(22-20-39)57-54(69)72-31-36(6)75-76-42-23-24-47(55-29-42)61(70)71/h11-13,16-17,19-24,29,32-36,41,44-46,48H,10,14-15,18,25-28,30-31H2,1-9H3,(H3-,56,57,59,64,65,67,68,69)/p+1/t34?,35?,36?,41?,44?,45-,46?,48?,62?/m1/s1. The maximum atomic E-state index is 14.8. The molecule has 9 atom stereocenters. The lowest BCUT2D eigenvalue weighted by Crippen LogP contribution is -2.63. The second-order valence-corrected chi connectivity index (χ2v) is 23.9. The summed E-state index contributed by atoms with van der Waals surface area (Å²) < 4.78 is 11.7. The number of piperidine rings is 1. The highest BCUT2D eigenvalue weighted by atomic mass is 33.1. The molecule has 0 bridgehead atoms. The monoisotopic (exact) mass is 1110 g/mol. The van der Waals surface area contributed by atoms with Crippen LogP contribution in [-0.4, -0.2) is 122 Å². The second kappa shape index (κ2) is 28.9. The molecule has 1 aliphatic rings. The fraction of sp³-hybridized carbons (Fsp3) is 0.519. The SMILES string of the molecule is CCC(C)C(NC(=O)[C@H]1CCCC[N+]1(C)Cc1ccc(NC(=O)OCC(C)SSc2ccc([N+](=O)[O-])nc2)cc1)C(=O)N(C)C(CC(OC(C)=O)c1nc(C(=O)NC(Cc2ccccc2)CC(C)C(=O)O)cs1)C(C)C. The minimum atomic E-state index is -0.966. The number of benzene rings is 2. The normalized spacial score (nSPS) is 18.2. The number of likely N-dealkylation sites (tertiary alicyclic amines) is 1. The Morgan fingerprint density at radius 2 is 1.67 bits per heavy atom. The molecule has 4 N–H and O–H groups in total. The molecule has 4 aromatic rings. The van der Waals surface area contributed by atoms with Gasteiger partial charge in [-0.15, -0.1) is 11.3 Å². The Kier molecular flexibility index (Phi) is 23.1. The lowest BCUT2D eigenvalue weighted by molar-refractivity contribution is -0.942. The number of quaternary nitrogens is 1. The van der Waals surface area contributed by atoms with E-state index in [0.717, 1.165) is 46.7 Å². The summed E-state index contributed by atoms with van der Waals surface area (Å²) in [6.45, 7) is 14.1. The smallest absolute Gasteiger partial charge is 0.411 e. The zero-order valence-electron chi connectivity index (χ0n) is 44.8. The van der Waals surface area contributed by atoms with Crippen molar-refractivity contribution in [3.05, 3.63) is 110 Å². The molecule has 22 heteroatoms. The van der Waals surface area contributed by atoms with Crippen LogP contribution in [-0.2, 0) is 41.6 Å². The molecule has 2 aromatic carbocycles. The molecule has 0 saturated carbocycles. The van der Waals surface area contributed by atoms with Gasteiger partial charge in [0.05, 0.1) is 24.4 Å². The molecule has 76 heavy (non-hydrogen) atoms. The number of amides is 4. The molecular formula is C54H73N8O11S3+. The van der Waals surface area contributed by atoms with E-state index >= 15 is 0 Å². The molecule has 4 amide bonds. The average molecular weight is 1110 g/mol. The molecule has 1 fully saturated rings. The summed E-state index contributed by atoms with van der Waals surface area (Å²) in [6, 6.07) is 17.6. The van der Waals surface area contributed by atoms with E-state index in [1.807, 2.05) is 77.1 Å². The predicted octanol–water partition coefficient (Wildman–Crippen LogP) is 9.48. The molecule has 0 aliphatic carbocycles. The van der Waals surface area contributed by atoms with Crippen LogP contribution in [0.4, 0.5) is 16.3 Å². The summed E-state index contributed by atoms with van der Waals surface area (Å²) >= 11 is 1.16. The molecule has 8 unspecified atom stereocenters. The van der Waals surface area contributed by atoms with Gasteiger partial charge in [-0.3, -0.25) is 29.3 Å². The van der Waals surface area contributed by atoms with Crippen molar-refractivity contribution >= 4 is 80.2 Å². The number of rotatable bonds is 27. The quantitative estimate of drug-likeness (QED) is 0.0143. The van der Waals surface area contributed by atoms with Gasteiger partial charge in [0.2, 0.25) is 5.91 Å². The minimum absolute atomic E-state index is 0.0840. The number of aliphatic carboxylic acids is 1. The molecule has 5 rings (SSSR count). The number of carbonyl (C=O) groups is 6. The van der Waals surface area contributed by atoms with E-state index in [-0.39, 0.29) is 59.9 Å². The molecule has 1 saturated heterocycles. The first kappa shape index (κ1) is 60.8. The fourth-order valence-electron chi connectivity index (χ4n) is 9.26. The maximum Gasteiger partial charge on any atom is 0.411 e. The van der Waals surface area contributed by atoms with Gasteiger partial charge in [-0.25, -0.2) is 9.78 Å². The first-order valence-electron chi connectivity index (χ1n) is 25.6. The highest BCUT2D eigenvalue weighted by Gasteiger charge is 2.43. The summed E-state index contributed by atoms with van der Waals surface area (Å²) in [5.41, 5.74) is 2.54. The Morgan fingerprint density at radius 1 is 0.961 bits per heavy atom. The number of nitrogens with one attached hydrogen (secondary N) is 3. The van der Waals surface area contributed by atoms with Crippen molar-refractivity contribution in [2.45, 2.75) is 140 Å². The first-order valence-corrected chi connectivity index (χ1v) is 28.7. The van der Waals surface area contributed by atoms with Gasteiger partial charge in [0.1, 0.15) is 29.9 Å². The number of esters is 1. The molecule has 3 heterocycles. The van der Waals surface area contributed by atoms with E-state index in [1.165, 1.54) is 40.8 Å². The molecule has 1 aliphatic heterocycles. The number of hydrogen-bond acceptors (Lipinski definition) is 15. The van der Waals surface area contributed by atoms with Gasteiger partial charge in [-0.05, 0) is 78.1 Å². The number of carboxylic acids is 1. The number of carboxylic acid groups (broad SMARTS) is 1. The second-order valence-electron chi connectivity index (χ2n) is 20.3. The number of anilines is 1. The Morgan fingerprint density at radius 3 is 2.29 bits per heavy atom. The highest BCUT2D eigenvalue weighted by Crippen LogP contribution is 2.35. The van der Waals surface area contributed by atoms with Crippen molar-refractivity contribution in [3.63, 3.8) is 0 Å². The Bertz CT molecular complexity index is 2590. The van der Waals surface area contributed by atoms with E-state index in [2.05, 4.69) is 33.0 Å². The lowest BCUT2D eigenvalue weighted by Gasteiger charge is -2.44. The molecule has 2 aromatic heterocycles. The topological polar surface area (TPSA) is 249 Å². The summed E-state index contributed by atoms with van der Waals surface area (Å²) in [4.78, 5) is 101. The summed E-state index contributed by atoms with van der Waals surface area (Å²) in [7, 11) is 6.59. The molecular weight excluding hydrogens is 1030 g/mol. The summed E-state index contributed by atoms with van der Waals surface area (Å²) in [6.07, 6.45) is 3.72. The third kappa shape index (κ3) is 18.0. The van der Waals surface area contributed by atoms with Gasteiger partial charge in [0, 0.05) is 66.8 Å². The van der Waals surface area contributed by atoms with Crippen LogP contribution in [0.5, 0.6) is 0 Å². The predicted molar refractivity (Wildman–Crippen MR) is 294 cm³/mol. The van der Waals surface area contributed by atoms with Crippen molar-refractivity contribution in [3.8, 4) is 0 Å². The first-order chi connectivity index (χ1) is 36.1. The van der Waals surface area contributed by atoms with Gasteiger partial charge in [-0.1, -0.05) is 105 Å². The Hall–Kier alpha value is -6.10. The van der Waals surface area contributed by atoms with E-state index in [4.69, 9.17) is 9.47 Å². The van der Waals surface area contributed by atoms with Gasteiger partial charge in [-0.2, -0.15) is 0 Å². The van der Waals surface area contributed by atoms with Crippen molar-refractivity contribution in [1.29, 1.82) is 0 Å². The minimum Gasteiger partial charge on any atom is -0.481 e. The zero-order chi connectivity index (χ0) is 55.7. The van der Waals surface area contributed by atoms with Gasteiger partial charge in [0.15, 0.2) is 18.3 Å². The maximum absolute atomic E-state index is 14.8. The highest BCUT2D eigenvalue weighted by molar-refractivity contribution is 8.76. The third-order valence-corrected chi connectivity index (χ3v) is 17.5. The number of thiazole rings is 1. The summed E-state index contributed by atoms with van der Waals surface area (Å²) in [5, 5.41) is 31.3. The molecule has 0 spiro atoms. The van der Waals surface area contributed by atoms with Crippen LogP contribution in [0, 0.1) is 27.9 Å². The lowest BCUT2D eigenvalue weighted by atomic mass is 9.92. The number of hydrogen-bond donors (Lipinski definition) is 4. The van der Waals surface area contributed by atoms with Crippen LogP contribution in [0.1, 0.15) is 120 Å². The van der Waals surface area contributed by atoms with Crippen molar-refractivity contribution in [2.75, 3.05) is 32.6 Å². The van der Waals surface area contributed by atoms with E-state index in [1.54, 1.807) is 42.5 Å². The van der Waals surface area contributed by atoms with Crippen molar-refractivity contribution in [1.82, 2.24) is 25.5 Å². The molecule has 19 nitrogen and oxygen atoms in total. The van der Waals surface area contributed by atoms with Crippen molar-refractivity contribution in [2.24, 2.45) is 17.8 Å². The van der Waals surface area contributed by atoms with Gasteiger partial charge < -0.3 is 44.7 Å². The van der Waals surface area contributed by atoms with Crippen LogP contribution in [0.2, 0.25) is 0 Å².